The van der Waals surface area contributed by atoms with Crippen LogP contribution in [0.25, 0.3) is 0 Å². The molecule has 0 N–H and O–H groups in total. The van der Waals surface area contributed by atoms with E-state index in [0.29, 0.717) is 42.6 Å². The first kappa shape index (κ1) is 21.8. The molecule has 0 aromatic carbocycles. The van der Waals surface area contributed by atoms with E-state index in [9.17, 15) is 9.11 Å². The van der Waals surface area contributed by atoms with Gasteiger partial charge in [-0.15, -0.1) is 0 Å². The average Bonchev–Trinajstić information content (AvgIpc) is 2.63. The lowest BCUT2D eigenvalue weighted by Gasteiger charge is -2.23. The summed E-state index contributed by atoms with van der Waals surface area (Å²) >= 11 is -1.83. The van der Waals surface area contributed by atoms with E-state index < -0.39 is 22.4 Å². The van der Waals surface area contributed by atoms with Crippen LogP contribution >= 0.6 is 0 Å². The van der Waals surface area contributed by atoms with Gasteiger partial charge in [-0.25, -0.2) is 0 Å². The Morgan fingerprint density at radius 2 is 1.20 bits per heavy atom. The van der Waals surface area contributed by atoms with Crippen LogP contribution in [0.3, 0.4) is 0 Å². The molecule has 0 aliphatic carbocycles. The van der Waals surface area contributed by atoms with Crippen LogP contribution in [0.4, 0.5) is 0 Å². The molecule has 2 saturated heterocycles. The molecule has 2 fully saturated rings. The summed E-state index contributed by atoms with van der Waals surface area (Å²) in [4.78, 5) is 0. The molecule has 2 aliphatic rings. The lowest BCUT2D eigenvalue weighted by Crippen LogP contribution is -2.27. The van der Waals surface area contributed by atoms with Gasteiger partial charge in [-0.2, -0.15) is 0 Å². The standard InChI is InChI=1S/C17H32O6S2/c18-24(14-10-22-16-6-1-3-8-20-16)12-5-13-25(19)15-11-23-17-7-2-4-9-21-17/h16-17H,1-15H2. The minimum Gasteiger partial charge on any atom is -0.616 e. The zero-order chi connectivity index (χ0) is 17.7. The van der Waals surface area contributed by atoms with Gasteiger partial charge in [0.05, 0.1) is 13.2 Å². The van der Waals surface area contributed by atoms with Crippen molar-refractivity contribution in [2.75, 3.05) is 49.4 Å². The van der Waals surface area contributed by atoms with Crippen molar-refractivity contribution in [3.63, 3.8) is 0 Å². The third kappa shape index (κ3) is 10.4. The Kier molecular flexibility index (Phi) is 11.8. The lowest BCUT2D eigenvalue weighted by atomic mass is 10.2. The van der Waals surface area contributed by atoms with Crippen molar-refractivity contribution in [3.05, 3.63) is 0 Å². The molecule has 25 heavy (non-hydrogen) atoms. The van der Waals surface area contributed by atoms with Crippen molar-refractivity contribution < 1.29 is 28.1 Å². The highest BCUT2D eigenvalue weighted by molar-refractivity contribution is 7.92. The van der Waals surface area contributed by atoms with Crippen molar-refractivity contribution in [2.45, 2.75) is 57.5 Å². The third-order valence-corrected chi connectivity index (χ3v) is 6.98. The first-order valence-electron chi connectivity index (χ1n) is 9.40. The summed E-state index contributed by atoms with van der Waals surface area (Å²) < 4.78 is 46.0. The predicted molar refractivity (Wildman–Crippen MR) is 99.5 cm³/mol. The van der Waals surface area contributed by atoms with Crippen molar-refractivity contribution in [3.8, 4) is 0 Å². The van der Waals surface area contributed by atoms with Crippen LogP contribution in [0.15, 0.2) is 0 Å². The van der Waals surface area contributed by atoms with Gasteiger partial charge in [-0.1, -0.05) is 22.4 Å². The maximum atomic E-state index is 11.9. The molecule has 6 nitrogen and oxygen atoms in total. The second kappa shape index (κ2) is 13.6. The van der Waals surface area contributed by atoms with Crippen LogP contribution in [-0.4, -0.2) is 71.1 Å². The molecular weight excluding hydrogens is 364 g/mol. The van der Waals surface area contributed by atoms with Crippen molar-refractivity contribution in [1.82, 2.24) is 0 Å². The van der Waals surface area contributed by atoms with Crippen LogP contribution in [0.2, 0.25) is 0 Å². The van der Waals surface area contributed by atoms with Crippen molar-refractivity contribution in [2.24, 2.45) is 0 Å². The molecule has 2 heterocycles. The molecule has 4 atom stereocenters. The van der Waals surface area contributed by atoms with Crippen LogP contribution in [-0.2, 0) is 41.3 Å². The first-order chi connectivity index (χ1) is 12.2. The number of hydrogen-bond acceptors (Lipinski definition) is 6. The van der Waals surface area contributed by atoms with E-state index >= 15 is 0 Å². The molecule has 2 aliphatic heterocycles. The third-order valence-electron chi connectivity index (χ3n) is 4.25. The summed E-state index contributed by atoms with van der Waals surface area (Å²) in [7, 11) is 0. The summed E-state index contributed by atoms with van der Waals surface area (Å²) in [5.41, 5.74) is 0. The molecule has 0 bridgehead atoms. The van der Waals surface area contributed by atoms with E-state index in [1.807, 2.05) is 0 Å². The summed E-state index contributed by atoms with van der Waals surface area (Å²) in [6.45, 7) is 2.46. The molecule has 0 aromatic rings. The quantitative estimate of drug-likeness (QED) is 0.469. The number of hydrogen-bond donors (Lipinski definition) is 0. The Morgan fingerprint density at radius 1 is 0.720 bits per heavy atom. The van der Waals surface area contributed by atoms with E-state index in [0.717, 1.165) is 51.7 Å². The Labute approximate surface area is 157 Å². The van der Waals surface area contributed by atoms with Gasteiger partial charge in [0, 0.05) is 19.6 Å². The fourth-order valence-corrected chi connectivity index (χ4v) is 4.90. The second-order valence-corrected chi connectivity index (χ2v) is 9.78. The van der Waals surface area contributed by atoms with Crippen molar-refractivity contribution >= 4 is 22.4 Å². The van der Waals surface area contributed by atoms with Crippen molar-refractivity contribution in [1.29, 1.82) is 0 Å². The van der Waals surface area contributed by atoms with Gasteiger partial charge in [0.2, 0.25) is 0 Å². The molecule has 0 amide bonds. The number of ether oxygens (including phenoxy) is 4. The Balaban J connectivity index is 1.40. The molecule has 8 heteroatoms. The van der Waals surface area contributed by atoms with Gasteiger partial charge in [0.1, 0.15) is 23.0 Å². The highest BCUT2D eigenvalue weighted by Crippen LogP contribution is 2.14. The first-order valence-corrected chi connectivity index (χ1v) is 12.4. The summed E-state index contributed by atoms with van der Waals surface area (Å²) in [6.07, 6.45) is 6.80. The maximum Gasteiger partial charge on any atom is 0.157 e. The topological polar surface area (TPSA) is 83.0 Å². The normalized spacial score (nSPS) is 27.1. The highest BCUT2D eigenvalue weighted by atomic mass is 32.2. The predicted octanol–water partition coefficient (Wildman–Crippen LogP) is 1.96. The van der Waals surface area contributed by atoms with Gasteiger partial charge in [-0.05, 0) is 38.5 Å². The molecule has 4 unspecified atom stereocenters. The average molecular weight is 397 g/mol. The molecular formula is C17H32O6S2. The van der Waals surface area contributed by atoms with Gasteiger partial charge >= 0.3 is 0 Å². The minimum absolute atomic E-state index is 0.119. The fraction of sp³-hybridized carbons (Fsp3) is 1.00. The second-order valence-electron chi connectivity index (χ2n) is 6.38. The molecule has 0 spiro atoms. The van der Waals surface area contributed by atoms with Crippen LogP contribution < -0.4 is 0 Å². The largest absolute Gasteiger partial charge is 0.616 e. The summed E-state index contributed by atoms with van der Waals surface area (Å²) in [5, 5.41) is 0. The van der Waals surface area contributed by atoms with Crippen LogP contribution in [0, 0.1) is 0 Å². The SMILES string of the molecule is [O-][S+](CCC[S+]([O-])CCOC1CCCCO1)CCOC1CCCCO1. The minimum atomic E-state index is -0.917. The Bertz CT molecular complexity index is 294. The summed E-state index contributed by atoms with van der Waals surface area (Å²) in [5.74, 6) is 2.20. The fourth-order valence-electron chi connectivity index (χ4n) is 2.82. The van der Waals surface area contributed by atoms with E-state index in [1.165, 1.54) is 0 Å². The highest BCUT2D eigenvalue weighted by Gasteiger charge is 2.17. The Hall–Kier alpha value is 0.460. The molecule has 0 aromatic heterocycles. The number of rotatable bonds is 12. The molecule has 2 rings (SSSR count). The van der Waals surface area contributed by atoms with Crippen LogP contribution in [0.5, 0.6) is 0 Å². The monoisotopic (exact) mass is 396 g/mol. The Morgan fingerprint density at radius 3 is 1.60 bits per heavy atom. The van der Waals surface area contributed by atoms with E-state index in [-0.39, 0.29) is 12.6 Å². The molecule has 148 valence electrons. The van der Waals surface area contributed by atoms with Gasteiger partial charge in [-0.3, -0.25) is 0 Å². The zero-order valence-corrected chi connectivity index (χ0v) is 16.7. The van der Waals surface area contributed by atoms with E-state index in [1.54, 1.807) is 0 Å². The van der Waals surface area contributed by atoms with Crippen LogP contribution in [0.1, 0.15) is 44.9 Å². The van der Waals surface area contributed by atoms with E-state index in [2.05, 4.69) is 0 Å². The smallest absolute Gasteiger partial charge is 0.157 e. The zero-order valence-electron chi connectivity index (χ0n) is 15.0. The maximum absolute atomic E-state index is 11.9. The van der Waals surface area contributed by atoms with Gasteiger partial charge in [0.25, 0.3) is 0 Å². The van der Waals surface area contributed by atoms with Gasteiger partial charge < -0.3 is 28.1 Å². The lowest BCUT2D eigenvalue weighted by molar-refractivity contribution is -0.159. The van der Waals surface area contributed by atoms with Gasteiger partial charge in [0.15, 0.2) is 12.6 Å². The van der Waals surface area contributed by atoms with E-state index in [4.69, 9.17) is 18.9 Å². The summed E-state index contributed by atoms with van der Waals surface area (Å²) in [6, 6.07) is 0. The molecule has 0 saturated carbocycles. The molecule has 0 radical (unpaired) electrons.